The normalized spacial score (nSPS) is 12.2. The van der Waals surface area contributed by atoms with E-state index < -0.39 is 0 Å². The lowest BCUT2D eigenvalue weighted by molar-refractivity contribution is 0.0916. The quantitative estimate of drug-likeness (QED) is 0.541. The average molecular weight is 377 g/mol. The fourth-order valence-corrected chi connectivity index (χ4v) is 3.93. The van der Waals surface area contributed by atoms with E-state index in [1.807, 2.05) is 71.6 Å². The molecule has 2 heterocycles. The van der Waals surface area contributed by atoms with E-state index in [9.17, 15) is 9.90 Å². The van der Waals surface area contributed by atoms with Gasteiger partial charge in [-0.25, -0.2) is 4.98 Å². The summed E-state index contributed by atoms with van der Waals surface area (Å²) in [5.41, 5.74) is 2.51. The lowest BCUT2D eigenvalue weighted by atomic mass is 10.1. The second kappa shape index (κ2) is 7.73. The van der Waals surface area contributed by atoms with Gasteiger partial charge in [-0.05, 0) is 42.3 Å². The molecule has 0 aliphatic rings. The van der Waals surface area contributed by atoms with Crippen molar-refractivity contribution in [1.29, 1.82) is 0 Å². The second-order valence-corrected chi connectivity index (χ2v) is 7.32. The summed E-state index contributed by atoms with van der Waals surface area (Å²) < 4.78 is 2.90. The number of carbonyl (C=O) groups is 1. The number of thiazole rings is 1. The molecule has 27 heavy (non-hydrogen) atoms. The first-order valence-electron chi connectivity index (χ1n) is 8.72. The van der Waals surface area contributed by atoms with E-state index in [1.165, 1.54) is 11.3 Å². The van der Waals surface area contributed by atoms with Gasteiger partial charge in [0.2, 0.25) is 0 Å². The largest absolute Gasteiger partial charge is 0.394 e. The van der Waals surface area contributed by atoms with E-state index in [0.29, 0.717) is 12.0 Å². The predicted octanol–water partition coefficient (Wildman–Crippen LogP) is 3.42. The van der Waals surface area contributed by atoms with Gasteiger partial charge in [0, 0.05) is 18.0 Å². The van der Waals surface area contributed by atoms with E-state index in [0.717, 1.165) is 20.9 Å². The van der Waals surface area contributed by atoms with Crippen LogP contribution >= 0.6 is 11.3 Å². The molecule has 0 aliphatic heterocycles. The van der Waals surface area contributed by atoms with Crippen LogP contribution in [-0.4, -0.2) is 33.2 Å². The Labute approximate surface area is 160 Å². The van der Waals surface area contributed by atoms with Crippen LogP contribution in [0, 0.1) is 0 Å². The summed E-state index contributed by atoms with van der Waals surface area (Å²) in [6, 6.07) is 18.9. The molecule has 0 bridgehead atoms. The maximum absolute atomic E-state index is 12.6. The number of hydrogen-bond donors (Lipinski definition) is 2. The number of aliphatic hydroxyl groups excluding tert-OH is 1. The van der Waals surface area contributed by atoms with Crippen LogP contribution in [-0.2, 0) is 6.42 Å². The van der Waals surface area contributed by atoms with Crippen molar-refractivity contribution in [2.24, 2.45) is 0 Å². The molecule has 0 saturated heterocycles. The average Bonchev–Trinajstić information content (AvgIpc) is 3.37. The molecular formula is C21H19N3O2S. The number of nitrogens with one attached hydrogen (secondary N) is 1. The molecule has 0 spiro atoms. The van der Waals surface area contributed by atoms with Crippen LogP contribution < -0.4 is 5.32 Å². The SMILES string of the molecule is O=C(NC(CO)Cc1ccccc1)c1ccc2nc(-n3cccc3)sc2c1. The molecule has 0 fully saturated rings. The number of amides is 1. The van der Waals surface area contributed by atoms with Crippen LogP contribution in [0.5, 0.6) is 0 Å². The lowest BCUT2D eigenvalue weighted by Crippen LogP contribution is -2.39. The third kappa shape index (κ3) is 3.92. The zero-order valence-electron chi connectivity index (χ0n) is 14.6. The van der Waals surface area contributed by atoms with Crippen LogP contribution in [0.2, 0.25) is 0 Å². The number of hydrogen-bond acceptors (Lipinski definition) is 4. The molecule has 1 atom stereocenters. The van der Waals surface area contributed by atoms with Gasteiger partial charge in [-0.15, -0.1) is 0 Å². The Morgan fingerprint density at radius 2 is 1.89 bits per heavy atom. The van der Waals surface area contributed by atoms with E-state index in [1.54, 1.807) is 6.07 Å². The lowest BCUT2D eigenvalue weighted by Gasteiger charge is -2.16. The van der Waals surface area contributed by atoms with Crippen LogP contribution in [0.3, 0.4) is 0 Å². The van der Waals surface area contributed by atoms with Gasteiger partial charge in [-0.3, -0.25) is 4.79 Å². The highest BCUT2D eigenvalue weighted by atomic mass is 32.1. The molecule has 1 amide bonds. The molecule has 2 aromatic carbocycles. The highest BCUT2D eigenvalue weighted by molar-refractivity contribution is 7.20. The van der Waals surface area contributed by atoms with Gasteiger partial charge in [0.15, 0.2) is 5.13 Å². The van der Waals surface area contributed by atoms with Crippen molar-refractivity contribution in [1.82, 2.24) is 14.9 Å². The van der Waals surface area contributed by atoms with Gasteiger partial charge in [0.25, 0.3) is 5.91 Å². The van der Waals surface area contributed by atoms with Crippen molar-refractivity contribution in [3.63, 3.8) is 0 Å². The summed E-state index contributed by atoms with van der Waals surface area (Å²) in [6.45, 7) is -0.110. The topological polar surface area (TPSA) is 67.2 Å². The fourth-order valence-electron chi connectivity index (χ4n) is 2.95. The third-order valence-electron chi connectivity index (χ3n) is 4.35. The zero-order valence-corrected chi connectivity index (χ0v) is 15.4. The Morgan fingerprint density at radius 3 is 2.63 bits per heavy atom. The first-order chi connectivity index (χ1) is 13.2. The smallest absolute Gasteiger partial charge is 0.251 e. The molecule has 2 N–H and O–H groups in total. The number of rotatable bonds is 6. The Bertz CT molecular complexity index is 1040. The highest BCUT2D eigenvalue weighted by Gasteiger charge is 2.15. The Morgan fingerprint density at radius 1 is 1.11 bits per heavy atom. The molecule has 4 rings (SSSR count). The molecule has 136 valence electrons. The molecule has 5 nitrogen and oxygen atoms in total. The third-order valence-corrected chi connectivity index (χ3v) is 5.38. The predicted molar refractivity (Wildman–Crippen MR) is 107 cm³/mol. The van der Waals surface area contributed by atoms with Gasteiger partial charge >= 0.3 is 0 Å². The van der Waals surface area contributed by atoms with E-state index in [4.69, 9.17) is 0 Å². The maximum Gasteiger partial charge on any atom is 0.251 e. The summed E-state index contributed by atoms with van der Waals surface area (Å²) in [5.74, 6) is -0.192. The van der Waals surface area contributed by atoms with Crippen LogP contribution in [0.4, 0.5) is 0 Å². The van der Waals surface area contributed by atoms with Crippen molar-refractivity contribution in [2.75, 3.05) is 6.61 Å². The number of fused-ring (bicyclic) bond motifs is 1. The maximum atomic E-state index is 12.6. The minimum Gasteiger partial charge on any atom is -0.394 e. The Hall–Kier alpha value is -2.96. The van der Waals surface area contributed by atoms with Gasteiger partial charge in [-0.2, -0.15) is 0 Å². The summed E-state index contributed by atoms with van der Waals surface area (Å²) in [6.07, 6.45) is 4.48. The number of aliphatic hydroxyl groups is 1. The van der Waals surface area contributed by atoms with Gasteiger partial charge in [0.05, 0.1) is 22.9 Å². The molecule has 6 heteroatoms. The van der Waals surface area contributed by atoms with Crippen LogP contribution in [0.1, 0.15) is 15.9 Å². The zero-order chi connectivity index (χ0) is 18.6. The molecule has 0 radical (unpaired) electrons. The number of aromatic nitrogens is 2. The van der Waals surface area contributed by atoms with Crippen molar-refractivity contribution < 1.29 is 9.90 Å². The Balaban J connectivity index is 1.51. The van der Waals surface area contributed by atoms with Crippen molar-refractivity contribution >= 4 is 27.5 Å². The first kappa shape index (κ1) is 17.5. The minimum absolute atomic E-state index is 0.110. The highest BCUT2D eigenvalue weighted by Crippen LogP contribution is 2.26. The van der Waals surface area contributed by atoms with Crippen molar-refractivity contribution in [3.05, 3.63) is 84.2 Å². The van der Waals surface area contributed by atoms with Gasteiger partial charge in [0.1, 0.15) is 0 Å². The molecule has 0 aliphatic carbocycles. The molecule has 4 aromatic rings. The van der Waals surface area contributed by atoms with Crippen molar-refractivity contribution in [3.8, 4) is 5.13 Å². The number of nitrogens with zero attached hydrogens (tertiary/aromatic N) is 2. The standard InChI is InChI=1S/C21H19N3O2S/c25-14-17(12-15-6-2-1-3-7-15)22-20(26)16-8-9-18-19(13-16)27-21(23-18)24-10-4-5-11-24/h1-11,13,17,25H,12,14H2,(H,22,26). The van der Waals surface area contributed by atoms with E-state index in [2.05, 4.69) is 10.3 Å². The molecule has 0 saturated carbocycles. The van der Waals surface area contributed by atoms with Gasteiger partial charge in [-0.1, -0.05) is 41.7 Å². The fraction of sp³-hybridized carbons (Fsp3) is 0.143. The van der Waals surface area contributed by atoms with Crippen LogP contribution in [0.15, 0.2) is 73.1 Å². The van der Waals surface area contributed by atoms with E-state index >= 15 is 0 Å². The summed E-state index contributed by atoms with van der Waals surface area (Å²) >= 11 is 1.54. The molecule has 1 unspecified atom stereocenters. The summed E-state index contributed by atoms with van der Waals surface area (Å²) in [4.78, 5) is 17.2. The monoisotopic (exact) mass is 377 g/mol. The van der Waals surface area contributed by atoms with E-state index in [-0.39, 0.29) is 18.6 Å². The van der Waals surface area contributed by atoms with Crippen molar-refractivity contribution in [2.45, 2.75) is 12.5 Å². The molecular weight excluding hydrogens is 358 g/mol. The summed E-state index contributed by atoms with van der Waals surface area (Å²) in [5, 5.41) is 13.4. The Kier molecular flexibility index (Phi) is 5.00. The molecule has 2 aromatic heterocycles. The minimum atomic E-state index is -0.326. The van der Waals surface area contributed by atoms with Crippen LogP contribution in [0.25, 0.3) is 15.3 Å². The number of benzene rings is 2. The first-order valence-corrected chi connectivity index (χ1v) is 9.54. The second-order valence-electron chi connectivity index (χ2n) is 6.31. The summed E-state index contributed by atoms with van der Waals surface area (Å²) in [7, 11) is 0. The van der Waals surface area contributed by atoms with Gasteiger partial charge < -0.3 is 15.0 Å². The number of carbonyl (C=O) groups excluding carboxylic acids is 1.